The predicted octanol–water partition coefficient (Wildman–Crippen LogP) is 7.27. The number of fused-ring (bicyclic) bond motifs is 8. The Balaban J connectivity index is 0.899. The summed E-state index contributed by atoms with van der Waals surface area (Å²) < 4.78 is 35.9. The van der Waals surface area contributed by atoms with E-state index in [1.54, 1.807) is 31.3 Å². The largest absolute Gasteiger partial charge is 0.493 e. The summed E-state index contributed by atoms with van der Waals surface area (Å²) >= 11 is 0. The maximum absolute atomic E-state index is 14.2. The van der Waals surface area contributed by atoms with Crippen molar-refractivity contribution in [2.45, 2.75) is 70.7 Å². The third kappa shape index (κ3) is 11.8. The summed E-state index contributed by atoms with van der Waals surface area (Å²) in [5.74, 6) is 0.354. The van der Waals surface area contributed by atoms with E-state index < -0.39 is 11.8 Å². The van der Waals surface area contributed by atoms with Crippen molar-refractivity contribution in [1.82, 2.24) is 10.2 Å². The molecule has 17 nitrogen and oxygen atoms in total. The van der Waals surface area contributed by atoms with Crippen LogP contribution in [0.2, 0.25) is 0 Å². The lowest BCUT2D eigenvalue weighted by Crippen LogP contribution is -2.38. The lowest BCUT2D eigenvalue weighted by atomic mass is 9.98. The molecule has 0 aromatic heterocycles. The van der Waals surface area contributed by atoms with Crippen LogP contribution in [0.15, 0.2) is 108 Å². The third-order valence-corrected chi connectivity index (χ3v) is 14.7. The molecule has 17 heteroatoms. The summed E-state index contributed by atoms with van der Waals surface area (Å²) in [5, 5.41) is 2.85. The first-order valence-electron chi connectivity index (χ1n) is 26.4. The van der Waals surface area contributed by atoms with E-state index in [0.29, 0.717) is 93.0 Å². The summed E-state index contributed by atoms with van der Waals surface area (Å²) in [7, 11) is 3.17. The van der Waals surface area contributed by atoms with Crippen LogP contribution in [0.4, 0.5) is 22.7 Å². The molecule has 1 N–H and O–H groups in total. The highest BCUT2D eigenvalue weighted by Gasteiger charge is 2.38. The molecule has 0 saturated heterocycles. The smallest absolute Gasteiger partial charge is 0.261 e. The first-order valence-corrected chi connectivity index (χ1v) is 26.4. The predicted molar refractivity (Wildman–Crippen MR) is 291 cm³/mol. The molecule has 5 aromatic carbocycles. The fraction of sp³-hybridized carbons (Fsp3) is 0.367. The first-order chi connectivity index (χ1) is 37.6. The van der Waals surface area contributed by atoms with Crippen LogP contribution in [-0.2, 0) is 61.1 Å². The number of ether oxygens (including phenoxy) is 6. The minimum Gasteiger partial charge on any atom is -0.493 e. The quantitative estimate of drug-likeness (QED) is 0.0484. The number of aryl methyl sites for hydroxylation is 2. The van der Waals surface area contributed by atoms with Crippen LogP contribution in [0.25, 0.3) is 0 Å². The van der Waals surface area contributed by atoms with Crippen molar-refractivity contribution in [1.29, 1.82) is 0 Å². The van der Waals surface area contributed by atoms with Crippen molar-refractivity contribution in [3.05, 3.63) is 148 Å². The van der Waals surface area contributed by atoms with E-state index in [1.165, 1.54) is 17.7 Å². The molecular formula is C60H64N6O11. The Bertz CT molecular complexity index is 3100. The summed E-state index contributed by atoms with van der Waals surface area (Å²) in [4.78, 5) is 77.5. The van der Waals surface area contributed by atoms with Gasteiger partial charge in [0, 0.05) is 99.2 Å². The molecule has 2 atom stereocenters. The molecule has 5 aromatic rings. The molecule has 0 saturated carbocycles. The number of aliphatic imine (C=N–C) groups is 1. The Labute approximate surface area is 448 Å². The normalized spacial score (nSPS) is 16.8. The Morgan fingerprint density at radius 2 is 1.38 bits per heavy atom. The zero-order valence-corrected chi connectivity index (χ0v) is 43.8. The lowest BCUT2D eigenvalue weighted by Gasteiger charge is -2.26. The van der Waals surface area contributed by atoms with Gasteiger partial charge in [-0.25, -0.2) is 0 Å². The number of anilines is 3. The number of benzene rings is 5. The molecule has 0 unspecified atom stereocenters. The molecule has 77 heavy (non-hydrogen) atoms. The van der Waals surface area contributed by atoms with Gasteiger partial charge in [0.1, 0.15) is 19.0 Å². The molecule has 400 valence electrons. The van der Waals surface area contributed by atoms with E-state index in [0.717, 1.165) is 69.0 Å². The van der Waals surface area contributed by atoms with Crippen LogP contribution in [0, 0.1) is 6.92 Å². The second kappa shape index (κ2) is 24.0. The average Bonchev–Trinajstić information content (AvgIpc) is 4.10. The topological polar surface area (TPSA) is 178 Å². The molecule has 0 radical (unpaired) electrons. The fourth-order valence-electron chi connectivity index (χ4n) is 10.8. The number of carbonyl (C=O) groups is 5. The highest BCUT2D eigenvalue weighted by atomic mass is 16.5. The van der Waals surface area contributed by atoms with Gasteiger partial charge in [-0.2, -0.15) is 0 Å². The van der Waals surface area contributed by atoms with Crippen LogP contribution >= 0.6 is 0 Å². The van der Waals surface area contributed by atoms with E-state index in [-0.39, 0.29) is 62.5 Å². The molecule has 0 spiro atoms. The first kappa shape index (κ1) is 52.6. The van der Waals surface area contributed by atoms with Gasteiger partial charge in [-0.05, 0) is 115 Å². The van der Waals surface area contributed by atoms with E-state index >= 15 is 0 Å². The monoisotopic (exact) mass is 1040 g/mol. The number of nitrogens with one attached hydrogen (secondary N) is 1. The van der Waals surface area contributed by atoms with Crippen molar-refractivity contribution in [2.24, 2.45) is 4.99 Å². The molecule has 5 aliphatic heterocycles. The van der Waals surface area contributed by atoms with Crippen LogP contribution in [-0.4, -0.2) is 126 Å². The maximum atomic E-state index is 14.2. The van der Waals surface area contributed by atoms with Gasteiger partial charge in [0.05, 0.1) is 57.4 Å². The number of imide groups is 1. The molecule has 5 amide bonds. The number of nitrogens with zero attached hydrogens (tertiary/aromatic N) is 5. The van der Waals surface area contributed by atoms with Gasteiger partial charge >= 0.3 is 0 Å². The number of carbonyl (C=O) groups excluding carboxylic acids is 5. The van der Waals surface area contributed by atoms with Crippen LogP contribution < -0.4 is 34.2 Å². The van der Waals surface area contributed by atoms with Gasteiger partial charge in [-0.1, -0.05) is 36.4 Å². The number of hydrogen-bond acceptors (Lipinski definition) is 13. The number of hydrogen-bond donors (Lipinski definition) is 1. The van der Waals surface area contributed by atoms with Gasteiger partial charge in [0.15, 0.2) is 11.5 Å². The minimum absolute atomic E-state index is 0.0165. The van der Waals surface area contributed by atoms with Crippen molar-refractivity contribution in [3.63, 3.8) is 0 Å². The molecule has 10 rings (SSSR count). The van der Waals surface area contributed by atoms with Gasteiger partial charge in [0.25, 0.3) is 23.6 Å². The van der Waals surface area contributed by atoms with Gasteiger partial charge in [-0.3, -0.25) is 38.8 Å². The van der Waals surface area contributed by atoms with Crippen molar-refractivity contribution < 1.29 is 52.4 Å². The van der Waals surface area contributed by atoms with Crippen molar-refractivity contribution in [2.75, 3.05) is 88.1 Å². The number of amides is 5. The zero-order valence-electron chi connectivity index (χ0n) is 43.8. The van der Waals surface area contributed by atoms with E-state index in [1.807, 2.05) is 84.8 Å². The number of methoxy groups -OCH3 is 2. The minimum atomic E-state index is -0.396. The maximum Gasteiger partial charge on any atom is 0.261 e. The highest BCUT2D eigenvalue weighted by Crippen LogP contribution is 2.42. The highest BCUT2D eigenvalue weighted by molar-refractivity contribution is 6.15. The summed E-state index contributed by atoms with van der Waals surface area (Å²) in [5.41, 5.74) is 10.1. The van der Waals surface area contributed by atoms with Crippen molar-refractivity contribution >= 4 is 58.5 Å². The molecule has 5 heterocycles. The lowest BCUT2D eigenvalue weighted by molar-refractivity contribution is -0.137. The number of rotatable bonds is 24. The zero-order chi connectivity index (χ0) is 53.4. The Hall–Kier alpha value is -7.86. The molecule has 0 fully saturated rings. The number of para-hydroxylation sites is 2. The Morgan fingerprint density at radius 3 is 2.12 bits per heavy atom. The summed E-state index contributed by atoms with van der Waals surface area (Å²) in [6.07, 6.45) is 8.05. The van der Waals surface area contributed by atoms with Crippen molar-refractivity contribution in [3.8, 4) is 17.2 Å². The van der Waals surface area contributed by atoms with E-state index in [2.05, 4.69) is 22.3 Å². The summed E-state index contributed by atoms with van der Waals surface area (Å²) in [6, 6.07) is 29.6. The standard InChI is InChI=1S/C60H64N6O11/c1-39-27-48-42(14-15-45-31-43-9-4-6-11-51(43)65(45)59(48)70)33-53(39)76-37-40-28-41(38-77-55-35-50-49(34-54(55)73-3)60(71)66-47(36-62-50)32-44-10-5-7-12-52(44)66)30-46(29-40)63(21-22-74-25-26-75-24-23-72-2)19-8-13-56(67)61-18-20-64-57(68)16-17-58(64)69/h4-7,9-12,16-17,27-30,33-36,45,47H,8,13-15,18-26,31-32,37-38H2,1-3H3,(H,61,67)/t45-,47+/m1/s1. The van der Waals surface area contributed by atoms with Crippen LogP contribution in [0.3, 0.4) is 0 Å². The molecular weight excluding hydrogens is 981 g/mol. The SMILES string of the molecule is COCCOCCOCCN(CCCC(=O)NCCN1C(=O)C=CC1=O)c1cc(COc2cc3c(cc2C)C(=O)N2c4ccccc4C[C@H]2CC3)cc(COc2cc3c(cc2OC)C(=O)N2c4ccccc4C[C@H]2C=N3)c1. The fourth-order valence-corrected chi connectivity index (χ4v) is 10.8. The summed E-state index contributed by atoms with van der Waals surface area (Å²) in [6.45, 7) is 5.56. The molecule has 0 aliphatic carbocycles. The van der Waals surface area contributed by atoms with Gasteiger partial charge in [-0.15, -0.1) is 0 Å². The van der Waals surface area contributed by atoms with Gasteiger partial charge < -0.3 is 43.5 Å². The molecule has 5 aliphatic rings. The van der Waals surface area contributed by atoms with E-state index in [4.69, 9.17) is 33.4 Å². The van der Waals surface area contributed by atoms with E-state index in [9.17, 15) is 24.0 Å². The third-order valence-electron chi connectivity index (χ3n) is 14.7. The van der Waals surface area contributed by atoms with Crippen LogP contribution in [0.5, 0.6) is 17.2 Å². The molecule has 0 bridgehead atoms. The average molecular weight is 1050 g/mol. The Kier molecular flexibility index (Phi) is 16.4. The second-order valence-corrected chi connectivity index (χ2v) is 19.8. The second-order valence-electron chi connectivity index (χ2n) is 19.8. The van der Waals surface area contributed by atoms with Gasteiger partial charge in [0.2, 0.25) is 5.91 Å². The Morgan fingerprint density at radius 1 is 0.701 bits per heavy atom. The van der Waals surface area contributed by atoms with Crippen LogP contribution in [0.1, 0.15) is 73.4 Å².